The van der Waals surface area contributed by atoms with E-state index in [2.05, 4.69) is 25.5 Å². The zero-order chi connectivity index (χ0) is 22.8. The average molecular weight is 454 g/mol. The van der Waals surface area contributed by atoms with Crippen molar-refractivity contribution in [1.29, 1.82) is 0 Å². The fourth-order valence-corrected chi connectivity index (χ4v) is 4.41. The number of anilines is 1. The number of amides is 1. The van der Waals surface area contributed by atoms with Gasteiger partial charge in [-0.05, 0) is 26.2 Å². The fraction of sp³-hybridized carbons (Fsp3) is 0.545. The number of hydrogen-bond donors (Lipinski definition) is 1. The number of esters is 1. The van der Waals surface area contributed by atoms with Gasteiger partial charge in [-0.15, -0.1) is 0 Å². The predicted octanol–water partition coefficient (Wildman–Crippen LogP) is 2.17. The molecule has 11 heteroatoms. The Hall–Kier alpha value is -3.50. The number of carbonyl (C=O) groups is 2. The number of carbonyl (C=O) groups excluding carboxylic acids is 2. The molecular weight excluding hydrogens is 426 g/mol. The highest BCUT2D eigenvalue weighted by Crippen LogP contribution is 2.34. The van der Waals surface area contributed by atoms with Crippen LogP contribution >= 0.6 is 0 Å². The van der Waals surface area contributed by atoms with E-state index < -0.39 is 0 Å². The van der Waals surface area contributed by atoms with E-state index in [-0.39, 0.29) is 36.7 Å². The van der Waals surface area contributed by atoms with Gasteiger partial charge in [-0.3, -0.25) is 9.59 Å². The first-order valence-corrected chi connectivity index (χ1v) is 11.5. The molecule has 2 aliphatic heterocycles. The number of nitrogens with zero attached hydrogens (tertiary/aromatic N) is 6. The van der Waals surface area contributed by atoms with Crippen molar-refractivity contribution in [3.8, 4) is 11.5 Å². The second kappa shape index (κ2) is 9.16. The maximum atomic E-state index is 12.6. The minimum atomic E-state index is -0.230. The highest BCUT2D eigenvalue weighted by molar-refractivity contribution is 5.96. The van der Waals surface area contributed by atoms with Crippen molar-refractivity contribution in [1.82, 2.24) is 29.8 Å². The quantitative estimate of drug-likeness (QED) is 0.558. The predicted molar refractivity (Wildman–Crippen MR) is 118 cm³/mol. The SMILES string of the molecule is CCn1ncc2c(NC3CCOC(=O)C3)c(-c3nc(CC(=O)N4CCCCC4)no3)cnc21. The van der Waals surface area contributed by atoms with Crippen LogP contribution in [0, 0.1) is 0 Å². The molecule has 0 aromatic carbocycles. The first-order chi connectivity index (χ1) is 16.1. The topological polar surface area (TPSA) is 128 Å². The first-order valence-electron chi connectivity index (χ1n) is 11.5. The molecule has 5 rings (SSSR count). The molecule has 11 nitrogen and oxygen atoms in total. The summed E-state index contributed by atoms with van der Waals surface area (Å²) in [5.41, 5.74) is 2.07. The molecule has 5 heterocycles. The van der Waals surface area contributed by atoms with Gasteiger partial charge < -0.3 is 19.5 Å². The molecule has 174 valence electrons. The summed E-state index contributed by atoms with van der Waals surface area (Å²) >= 11 is 0. The Morgan fingerprint density at radius 3 is 2.88 bits per heavy atom. The summed E-state index contributed by atoms with van der Waals surface area (Å²) in [6.07, 6.45) is 7.70. The Morgan fingerprint density at radius 1 is 1.24 bits per heavy atom. The molecule has 2 fully saturated rings. The Morgan fingerprint density at radius 2 is 2.09 bits per heavy atom. The van der Waals surface area contributed by atoms with Crippen LogP contribution < -0.4 is 5.32 Å². The molecule has 0 aliphatic carbocycles. The van der Waals surface area contributed by atoms with Gasteiger partial charge in [0.05, 0.1) is 42.3 Å². The van der Waals surface area contributed by atoms with Gasteiger partial charge in [0.25, 0.3) is 5.89 Å². The molecule has 2 aliphatic rings. The lowest BCUT2D eigenvalue weighted by molar-refractivity contribution is -0.147. The molecule has 0 bridgehead atoms. The minimum Gasteiger partial charge on any atom is -0.466 e. The van der Waals surface area contributed by atoms with E-state index in [9.17, 15) is 9.59 Å². The van der Waals surface area contributed by atoms with E-state index in [1.54, 1.807) is 17.1 Å². The Kier molecular flexibility index (Phi) is 5.93. The molecule has 2 saturated heterocycles. The van der Waals surface area contributed by atoms with Gasteiger partial charge in [-0.25, -0.2) is 9.67 Å². The normalized spacial score (nSPS) is 19.0. The van der Waals surface area contributed by atoms with E-state index in [0.717, 1.165) is 49.1 Å². The third-order valence-electron chi connectivity index (χ3n) is 6.17. The van der Waals surface area contributed by atoms with Crippen molar-refractivity contribution in [2.24, 2.45) is 0 Å². The lowest BCUT2D eigenvalue weighted by Gasteiger charge is -2.26. The van der Waals surface area contributed by atoms with Gasteiger partial charge in [0, 0.05) is 38.3 Å². The summed E-state index contributed by atoms with van der Waals surface area (Å²) in [7, 11) is 0. The van der Waals surface area contributed by atoms with Crippen LogP contribution in [0.5, 0.6) is 0 Å². The van der Waals surface area contributed by atoms with Crippen LogP contribution in [0.4, 0.5) is 5.69 Å². The smallest absolute Gasteiger partial charge is 0.307 e. The molecule has 0 saturated carbocycles. The summed E-state index contributed by atoms with van der Waals surface area (Å²) in [5, 5.41) is 12.7. The molecule has 1 unspecified atom stereocenters. The number of aromatic nitrogens is 5. The molecule has 0 spiro atoms. The Labute approximate surface area is 190 Å². The lowest BCUT2D eigenvalue weighted by atomic mass is 10.1. The lowest BCUT2D eigenvalue weighted by Crippen LogP contribution is -2.36. The Balaban J connectivity index is 1.44. The second-order valence-corrected chi connectivity index (χ2v) is 8.43. The van der Waals surface area contributed by atoms with Crippen molar-refractivity contribution in [3.63, 3.8) is 0 Å². The molecule has 33 heavy (non-hydrogen) atoms. The van der Waals surface area contributed by atoms with Crippen LogP contribution in [0.15, 0.2) is 16.9 Å². The van der Waals surface area contributed by atoms with E-state index in [1.165, 1.54) is 0 Å². The fourth-order valence-electron chi connectivity index (χ4n) is 4.41. The maximum Gasteiger partial charge on any atom is 0.307 e. The largest absolute Gasteiger partial charge is 0.466 e. The zero-order valence-corrected chi connectivity index (χ0v) is 18.6. The van der Waals surface area contributed by atoms with Crippen LogP contribution in [-0.4, -0.2) is 67.4 Å². The van der Waals surface area contributed by atoms with Crippen molar-refractivity contribution < 1.29 is 18.8 Å². The first kappa shape index (κ1) is 21.4. The van der Waals surface area contributed by atoms with Gasteiger partial charge in [0.15, 0.2) is 11.5 Å². The molecular formula is C22H27N7O4. The molecule has 3 aromatic rings. The van der Waals surface area contributed by atoms with E-state index >= 15 is 0 Å². The van der Waals surface area contributed by atoms with Crippen molar-refractivity contribution >= 4 is 28.6 Å². The highest BCUT2D eigenvalue weighted by Gasteiger charge is 2.26. The third kappa shape index (κ3) is 4.39. The Bertz CT molecular complexity index is 1160. The van der Waals surface area contributed by atoms with E-state index in [1.807, 2.05) is 11.8 Å². The van der Waals surface area contributed by atoms with Crippen LogP contribution in [0.3, 0.4) is 0 Å². The van der Waals surface area contributed by atoms with E-state index in [0.29, 0.717) is 31.0 Å². The van der Waals surface area contributed by atoms with Crippen molar-refractivity contribution in [2.45, 2.75) is 58.0 Å². The number of piperidine rings is 1. The number of pyridine rings is 1. The van der Waals surface area contributed by atoms with Crippen LogP contribution in [0.2, 0.25) is 0 Å². The van der Waals surface area contributed by atoms with Gasteiger partial charge in [-0.1, -0.05) is 5.16 Å². The monoisotopic (exact) mass is 453 g/mol. The van der Waals surface area contributed by atoms with Crippen LogP contribution in [-0.2, 0) is 27.3 Å². The van der Waals surface area contributed by atoms with Crippen LogP contribution in [0.25, 0.3) is 22.5 Å². The summed E-state index contributed by atoms with van der Waals surface area (Å²) in [6, 6.07) is -0.0938. The summed E-state index contributed by atoms with van der Waals surface area (Å²) in [6.45, 7) is 4.61. The van der Waals surface area contributed by atoms with Gasteiger partial charge in [0.1, 0.15) is 0 Å². The summed E-state index contributed by atoms with van der Waals surface area (Å²) < 4.78 is 12.4. The van der Waals surface area contributed by atoms with Gasteiger partial charge in [-0.2, -0.15) is 10.1 Å². The van der Waals surface area contributed by atoms with E-state index in [4.69, 9.17) is 9.26 Å². The number of likely N-dealkylation sites (tertiary alicyclic amines) is 1. The number of hydrogen-bond acceptors (Lipinski definition) is 9. The second-order valence-electron chi connectivity index (χ2n) is 8.43. The van der Waals surface area contributed by atoms with Gasteiger partial charge >= 0.3 is 5.97 Å². The molecule has 1 atom stereocenters. The number of nitrogens with one attached hydrogen (secondary N) is 1. The maximum absolute atomic E-state index is 12.6. The van der Waals surface area contributed by atoms with Gasteiger partial charge in [0.2, 0.25) is 5.91 Å². The van der Waals surface area contributed by atoms with Crippen molar-refractivity contribution in [3.05, 3.63) is 18.2 Å². The number of rotatable bonds is 6. The molecule has 1 N–H and O–H groups in total. The third-order valence-corrected chi connectivity index (χ3v) is 6.17. The average Bonchev–Trinajstić information content (AvgIpc) is 3.47. The molecule has 1 amide bonds. The highest BCUT2D eigenvalue weighted by atomic mass is 16.5. The number of fused-ring (bicyclic) bond motifs is 1. The minimum absolute atomic E-state index is 0.0129. The zero-order valence-electron chi connectivity index (χ0n) is 18.6. The number of ether oxygens (including phenoxy) is 1. The molecule has 3 aromatic heterocycles. The molecule has 0 radical (unpaired) electrons. The number of cyclic esters (lactones) is 1. The summed E-state index contributed by atoms with van der Waals surface area (Å²) in [5.74, 6) is 0.401. The van der Waals surface area contributed by atoms with Crippen molar-refractivity contribution in [2.75, 3.05) is 25.0 Å². The summed E-state index contributed by atoms with van der Waals surface area (Å²) in [4.78, 5) is 35.3. The standard InChI is InChI=1S/C22H27N7O4/c1-2-29-21-15(13-24-29)20(25-14-6-9-32-19(31)10-14)16(12-23-21)22-26-17(27-33-22)11-18(30)28-7-4-3-5-8-28/h12-14H,2-11H2,1H3,(H,23,25). The van der Waals surface area contributed by atoms with Crippen LogP contribution in [0.1, 0.15) is 44.9 Å². The number of aryl methyl sites for hydroxylation is 1.